The molecule has 1 heterocycles. The number of hydrogen-bond donors (Lipinski definition) is 0. The molecule has 1 amide bonds. The predicted octanol–water partition coefficient (Wildman–Crippen LogP) is 3.04. The van der Waals surface area contributed by atoms with Gasteiger partial charge < -0.3 is 9.47 Å². The highest BCUT2D eigenvalue weighted by molar-refractivity contribution is 6.14. The molecule has 0 fully saturated rings. The third-order valence-electron chi connectivity index (χ3n) is 3.05. The number of benzene rings is 2. The fourth-order valence-corrected chi connectivity index (χ4v) is 1.96. The van der Waals surface area contributed by atoms with Gasteiger partial charge in [0.1, 0.15) is 5.75 Å². The van der Waals surface area contributed by atoms with E-state index in [1.54, 1.807) is 13.2 Å². The third kappa shape index (κ3) is 2.84. The summed E-state index contributed by atoms with van der Waals surface area (Å²) in [6.07, 6.45) is 1.67. The van der Waals surface area contributed by atoms with Gasteiger partial charge in [-0.05, 0) is 35.9 Å². The first-order chi connectivity index (χ1) is 10.3. The van der Waals surface area contributed by atoms with Crippen LogP contribution in [0.5, 0.6) is 5.75 Å². The standard InChI is InChI=1S/C17H13NO3/c1-20-14-9-7-12(8-10-14)11-15-16(19)18-17(21-15)13-5-3-2-4-6-13/h2-11H,1H3/b15-11-. The molecule has 0 radical (unpaired) electrons. The molecular weight excluding hydrogens is 266 g/mol. The first-order valence-corrected chi connectivity index (χ1v) is 6.48. The highest BCUT2D eigenvalue weighted by Crippen LogP contribution is 2.20. The molecule has 2 aromatic rings. The summed E-state index contributed by atoms with van der Waals surface area (Å²) < 4.78 is 10.6. The number of hydrogen-bond acceptors (Lipinski definition) is 3. The van der Waals surface area contributed by atoms with Crippen LogP contribution in [0.3, 0.4) is 0 Å². The quantitative estimate of drug-likeness (QED) is 0.811. The fourth-order valence-electron chi connectivity index (χ4n) is 1.96. The monoisotopic (exact) mass is 279 g/mol. The second-order valence-electron chi connectivity index (χ2n) is 4.47. The van der Waals surface area contributed by atoms with Crippen LogP contribution in [0, 0.1) is 0 Å². The van der Waals surface area contributed by atoms with Gasteiger partial charge >= 0.3 is 5.91 Å². The van der Waals surface area contributed by atoms with E-state index in [2.05, 4.69) is 4.99 Å². The first-order valence-electron chi connectivity index (χ1n) is 6.48. The lowest BCUT2D eigenvalue weighted by atomic mass is 10.2. The van der Waals surface area contributed by atoms with Gasteiger partial charge in [0.05, 0.1) is 7.11 Å². The molecule has 0 spiro atoms. The van der Waals surface area contributed by atoms with Crippen LogP contribution in [0.15, 0.2) is 65.3 Å². The Hall–Kier alpha value is -2.88. The van der Waals surface area contributed by atoms with E-state index in [9.17, 15) is 4.79 Å². The third-order valence-corrected chi connectivity index (χ3v) is 3.05. The number of carbonyl (C=O) groups is 1. The van der Waals surface area contributed by atoms with Gasteiger partial charge in [0, 0.05) is 5.56 Å². The van der Waals surface area contributed by atoms with Crippen LogP contribution in [-0.4, -0.2) is 18.9 Å². The van der Waals surface area contributed by atoms with Crippen LogP contribution < -0.4 is 4.74 Å². The zero-order valence-electron chi connectivity index (χ0n) is 11.4. The van der Waals surface area contributed by atoms with E-state index in [4.69, 9.17) is 9.47 Å². The molecule has 0 aromatic heterocycles. The van der Waals surface area contributed by atoms with Gasteiger partial charge in [-0.25, -0.2) is 0 Å². The Labute approximate surface area is 122 Å². The Kier molecular flexibility index (Phi) is 3.51. The molecule has 0 aliphatic carbocycles. The van der Waals surface area contributed by atoms with Gasteiger partial charge in [-0.15, -0.1) is 0 Å². The zero-order chi connectivity index (χ0) is 14.7. The van der Waals surface area contributed by atoms with Gasteiger partial charge in [0.2, 0.25) is 5.90 Å². The van der Waals surface area contributed by atoms with Crippen LogP contribution >= 0.6 is 0 Å². The van der Waals surface area contributed by atoms with Crippen molar-refractivity contribution in [1.29, 1.82) is 0 Å². The van der Waals surface area contributed by atoms with Gasteiger partial charge in [-0.2, -0.15) is 4.99 Å². The normalized spacial score (nSPS) is 15.8. The van der Waals surface area contributed by atoms with Crippen LogP contribution in [0.25, 0.3) is 6.08 Å². The summed E-state index contributed by atoms with van der Waals surface area (Å²) in [5.74, 6) is 0.945. The topological polar surface area (TPSA) is 47.9 Å². The summed E-state index contributed by atoms with van der Waals surface area (Å²) in [7, 11) is 1.61. The molecule has 0 saturated heterocycles. The first kappa shape index (κ1) is 13.1. The highest BCUT2D eigenvalue weighted by atomic mass is 16.5. The van der Waals surface area contributed by atoms with Crippen LogP contribution in [-0.2, 0) is 9.53 Å². The Morgan fingerprint density at radius 1 is 1.05 bits per heavy atom. The summed E-state index contributed by atoms with van der Waals surface area (Å²) >= 11 is 0. The van der Waals surface area contributed by atoms with Crippen LogP contribution in [0.2, 0.25) is 0 Å². The van der Waals surface area contributed by atoms with Crippen molar-refractivity contribution in [1.82, 2.24) is 0 Å². The molecule has 4 heteroatoms. The van der Waals surface area contributed by atoms with Gasteiger partial charge in [-0.1, -0.05) is 30.3 Å². The number of nitrogens with zero attached hydrogens (tertiary/aromatic N) is 1. The van der Waals surface area contributed by atoms with Crippen molar-refractivity contribution in [3.05, 3.63) is 71.5 Å². The Balaban J connectivity index is 1.82. The lowest BCUT2D eigenvalue weighted by Crippen LogP contribution is -1.99. The maximum absolute atomic E-state index is 11.9. The molecule has 104 valence electrons. The molecule has 2 aromatic carbocycles. The second-order valence-corrected chi connectivity index (χ2v) is 4.47. The molecule has 0 N–H and O–H groups in total. The number of amides is 1. The van der Waals surface area contributed by atoms with Crippen molar-refractivity contribution in [3.63, 3.8) is 0 Å². The van der Waals surface area contributed by atoms with Crippen LogP contribution in [0.4, 0.5) is 0 Å². The van der Waals surface area contributed by atoms with Crippen molar-refractivity contribution in [3.8, 4) is 5.75 Å². The SMILES string of the molecule is COc1ccc(/C=C2\OC(c3ccccc3)=NC2=O)cc1. The van der Waals surface area contributed by atoms with Crippen molar-refractivity contribution in [2.45, 2.75) is 0 Å². The smallest absolute Gasteiger partial charge is 0.316 e. The van der Waals surface area contributed by atoms with E-state index in [-0.39, 0.29) is 11.7 Å². The minimum atomic E-state index is -0.371. The lowest BCUT2D eigenvalue weighted by Gasteiger charge is -2.02. The number of ether oxygens (including phenoxy) is 2. The summed E-state index contributed by atoms with van der Waals surface area (Å²) in [5.41, 5.74) is 1.63. The molecule has 0 saturated carbocycles. The second kappa shape index (κ2) is 5.63. The number of methoxy groups -OCH3 is 1. The van der Waals surface area contributed by atoms with E-state index in [1.807, 2.05) is 54.6 Å². The lowest BCUT2D eigenvalue weighted by molar-refractivity contribution is -0.115. The fraction of sp³-hybridized carbons (Fsp3) is 0.0588. The average molecular weight is 279 g/mol. The maximum Gasteiger partial charge on any atom is 0.316 e. The zero-order valence-corrected chi connectivity index (χ0v) is 11.4. The molecule has 21 heavy (non-hydrogen) atoms. The molecule has 0 unspecified atom stereocenters. The van der Waals surface area contributed by atoms with E-state index in [0.717, 1.165) is 16.9 Å². The number of aliphatic imine (C=N–C) groups is 1. The number of rotatable bonds is 3. The highest BCUT2D eigenvalue weighted by Gasteiger charge is 2.23. The van der Waals surface area contributed by atoms with Crippen molar-refractivity contribution >= 4 is 17.9 Å². The van der Waals surface area contributed by atoms with Crippen LogP contribution in [0.1, 0.15) is 11.1 Å². The molecule has 0 bridgehead atoms. The molecule has 1 aliphatic heterocycles. The van der Waals surface area contributed by atoms with Crippen molar-refractivity contribution < 1.29 is 14.3 Å². The molecule has 4 nitrogen and oxygen atoms in total. The summed E-state index contributed by atoms with van der Waals surface area (Å²) in [6, 6.07) is 16.7. The van der Waals surface area contributed by atoms with Crippen molar-refractivity contribution in [2.75, 3.05) is 7.11 Å². The molecule has 0 atom stereocenters. The Morgan fingerprint density at radius 3 is 2.43 bits per heavy atom. The minimum absolute atomic E-state index is 0.221. The van der Waals surface area contributed by atoms with Gasteiger partial charge in [0.15, 0.2) is 5.76 Å². The molecule has 3 rings (SSSR count). The largest absolute Gasteiger partial charge is 0.497 e. The molecule has 1 aliphatic rings. The predicted molar refractivity (Wildman–Crippen MR) is 80.0 cm³/mol. The number of carbonyl (C=O) groups excluding carboxylic acids is 1. The molecular formula is C17H13NO3. The van der Waals surface area contributed by atoms with E-state index >= 15 is 0 Å². The van der Waals surface area contributed by atoms with Gasteiger partial charge in [-0.3, -0.25) is 4.79 Å². The van der Waals surface area contributed by atoms with E-state index in [0.29, 0.717) is 5.90 Å². The van der Waals surface area contributed by atoms with Gasteiger partial charge in [0.25, 0.3) is 0 Å². The van der Waals surface area contributed by atoms with E-state index in [1.165, 1.54) is 0 Å². The van der Waals surface area contributed by atoms with Crippen molar-refractivity contribution in [2.24, 2.45) is 4.99 Å². The minimum Gasteiger partial charge on any atom is -0.497 e. The summed E-state index contributed by atoms with van der Waals surface area (Å²) in [5, 5.41) is 0. The van der Waals surface area contributed by atoms with E-state index < -0.39 is 0 Å². The Bertz CT molecular complexity index is 715. The average Bonchev–Trinajstić information content (AvgIpc) is 2.90. The Morgan fingerprint density at radius 2 is 1.76 bits per heavy atom. The summed E-state index contributed by atoms with van der Waals surface area (Å²) in [4.78, 5) is 15.8. The maximum atomic E-state index is 11.9. The summed E-state index contributed by atoms with van der Waals surface area (Å²) in [6.45, 7) is 0.